The van der Waals surface area contributed by atoms with Gasteiger partial charge in [0.25, 0.3) is 0 Å². The quantitative estimate of drug-likeness (QED) is 0.735. The van der Waals surface area contributed by atoms with E-state index in [4.69, 9.17) is 11.6 Å². The molecule has 2 saturated heterocycles. The minimum absolute atomic E-state index is 0.139. The molecule has 9 heteroatoms. The van der Waals surface area contributed by atoms with Crippen molar-refractivity contribution in [2.24, 2.45) is 0 Å². The van der Waals surface area contributed by atoms with E-state index >= 15 is 0 Å². The number of carbonyl (C=O) groups excluding carboxylic acids is 1. The Kier molecular flexibility index (Phi) is 6.23. The van der Waals surface area contributed by atoms with Gasteiger partial charge in [0, 0.05) is 36.9 Å². The van der Waals surface area contributed by atoms with Crippen molar-refractivity contribution in [3.05, 3.63) is 64.4 Å². The Morgan fingerprint density at radius 3 is 2.39 bits per heavy atom. The van der Waals surface area contributed by atoms with Crippen LogP contribution in [0.2, 0.25) is 5.02 Å². The fourth-order valence-corrected chi connectivity index (χ4v) is 6.11. The van der Waals surface area contributed by atoms with Crippen LogP contribution in [0.1, 0.15) is 29.9 Å². The van der Waals surface area contributed by atoms with Crippen LogP contribution in [0, 0.1) is 12.7 Å². The summed E-state index contributed by atoms with van der Waals surface area (Å²) < 4.78 is 40.9. The highest BCUT2D eigenvalue weighted by Gasteiger charge is 2.43. The first-order chi connectivity index (χ1) is 14.7. The largest absolute Gasteiger partial charge is 0.322 e. The van der Waals surface area contributed by atoms with Crippen molar-refractivity contribution in [3.63, 3.8) is 0 Å². The Hall–Kier alpha value is -2.16. The van der Waals surface area contributed by atoms with Crippen molar-refractivity contribution in [2.75, 3.05) is 31.5 Å². The number of urea groups is 1. The number of hydrogen-bond acceptors (Lipinski definition) is 3. The molecule has 0 unspecified atom stereocenters. The molecular formula is C22H25ClFN3O3S. The lowest BCUT2D eigenvalue weighted by Gasteiger charge is -2.42. The van der Waals surface area contributed by atoms with Crippen LogP contribution in [-0.4, -0.2) is 55.1 Å². The van der Waals surface area contributed by atoms with Crippen molar-refractivity contribution >= 4 is 33.3 Å². The Balaban J connectivity index is 1.30. The maximum absolute atomic E-state index is 13.4. The highest BCUT2D eigenvalue weighted by atomic mass is 35.5. The number of hydrogen-bond donors (Lipinski definition) is 1. The normalized spacial score (nSPS) is 18.6. The van der Waals surface area contributed by atoms with Crippen LogP contribution in [0.15, 0.2) is 42.5 Å². The topological polar surface area (TPSA) is 69.7 Å². The molecule has 2 aromatic rings. The smallest absolute Gasteiger partial charge is 0.321 e. The Labute approximate surface area is 187 Å². The van der Waals surface area contributed by atoms with Crippen LogP contribution in [0.4, 0.5) is 14.9 Å². The number of nitrogens with zero attached hydrogens (tertiary/aromatic N) is 2. The third-order valence-corrected chi connectivity index (χ3v) is 8.63. The summed E-state index contributed by atoms with van der Waals surface area (Å²) in [6.45, 7) is 2.99. The Morgan fingerprint density at radius 1 is 1.10 bits per heavy atom. The molecular weight excluding hydrogens is 441 g/mol. The number of amides is 2. The van der Waals surface area contributed by atoms with Crippen LogP contribution in [0.5, 0.6) is 0 Å². The fourth-order valence-electron chi connectivity index (χ4n) is 4.10. The van der Waals surface area contributed by atoms with Crippen molar-refractivity contribution in [1.29, 1.82) is 0 Å². The number of halogens is 2. The lowest BCUT2D eigenvalue weighted by molar-refractivity contribution is 0.179. The van der Waals surface area contributed by atoms with E-state index in [1.807, 2.05) is 24.3 Å². The lowest BCUT2D eigenvalue weighted by atomic mass is 9.90. The summed E-state index contributed by atoms with van der Waals surface area (Å²) >= 11 is 5.95. The Morgan fingerprint density at radius 2 is 1.74 bits per heavy atom. The fraction of sp³-hybridized carbons (Fsp3) is 0.409. The summed E-state index contributed by atoms with van der Waals surface area (Å²) in [7, 11) is -3.46. The minimum atomic E-state index is -3.46. The monoisotopic (exact) mass is 465 g/mol. The number of sulfonamides is 1. The molecule has 31 heavy (non-hydrogen) atoms. The van der Waals surface area contributed by atoms with Gasteiger partial charge in [0.1, 0.15) is 11.1 Å². The van der Waals surface area contributed by atoms with Gasteiger partial charge in [-0.25, -0.2) is 21.9 Å². The molecule has 6 nitrogen and oxygen atoms in total. The summed E-state index contributed by atoms with van der Waals surface area (Å²) in [6, 6.07) is 11.5. The predicted molar refractivity (Wildman–Crippen MR) is 119 cm³/mol. The maximum atomic E-state index is 13.4. The van der Waals surface area contributed by atoms with E-state index in [1.54, 1.807) is 17.3 Å². The number of aryl methyl sites for hydroxylation is 1. The molecule has 0 radical (unpaired) electrons. The van der Waals surface area contributed by atoms with Crippen LogP contribution < -0.4 is 5.32 Å². The molecule has 0 saturated carbocycles. The first-order valence-corrected chi connectivity index (χ1v) is 12.2. The standard InChI is InChI=1S/C22H25ClFN3O3S/c1-15-2-7-19(24)12-21(15)25-22(28)26-13-20(14-26)31(29,30)27-10-8-17(9-11-27)16-3-5-18(23)6-4-16/h2-7,12,17,20H,8-11,13-14H2,1H3,(H,25,28). The molecule has 2 aliphatic rings. The van der Waals surface area contributed by atoms with Gasteiger partial charge >= 0.3 is 6.03 Å². The summed E-state index contributed by atoms with van der Waals surface area (Å²) in [5.41, 5.74) is 2.31. The van der Waals surface area contributed by atoms with Crippen molar-refractivity contribution in [3.8, 4) is 0 Å². The zero-order chi connectivity index (χ0) is 22.2. The van der Waals surface area contributed by atoms with Gasteiger partial charge in [0.15, 0.2) is 0 Å². The van der Waals surface area contributed by atoms with Crippen molar-refractivity contribution < 1.29 is 17.6 Å². The summed E-state index contributed by atoms with van der Waals surface area (Å²) in [4.78, 5) is 13.8. The zero-order valence-electron chi connectivity index (χ0n) is 17.2. The van der Waals surface area contributed by atoms with Gasteiger partial charge in [-0.15, -0.1) is 0 Å². The van der Waals surface area contributed by atoms with Gasteiger partial charge in [-0.2, -0.15) is 0 Å². The first-order valence-electron chi connectivity index (χ1n) is 10.3. The third kappa shape index (κ3) is 4.71. The molecule has 0 aromatic heterocycles. The molecule has 2 heterocycles. The molecule has 2 amide bonds. The highest BCUT2D eigenvalue weighted by molar-refractivity contribution is 7.89. The van der Waals surface area contributed by atoms with E-state index in [0.717, 1.165) is 18.4 Å². The highest BCUT2D eigenvalue weighted by Crippen LogP contribution is 2.32. The molecule has 0 atom stereocenters. The molecule has 0 bridgehead atoms. The van der Waals surface area contributed by atoms with Gasteiger partial charge in [0.2, 0.25) is 10.0 Å². The van der Waals surface area contributed by atoms with E-state index in [0.29, 0.717) is 29.7 Å². The Bertz CT molecular complexity index is 1060. The second-order valence-corrected chi connectivity index (χ2v) is 10.8. The second kappa shape index (κ2) is 8.76. The number of benzene rings is 2. The van der Waals surface area contributed by atoms with Crippen molar-refractivity contribution in [2.45, 2.75) is 30.9 Å². The molecule has 2 fully saturated rings. The van der Waals surface area contributed by atoms with Crippen molar-refractivity contribution in [1.82, 2.24) is 9.21 Å². The maximum Gasteiger partial charge on any atom is 0.321 e. The van der Waals surface area contributed by atoms with Gasteiger partial charge in [-0.1, -0.05) is 29.8 Å². The van der Waals surface area contributed by atoms with Gasteiger partial charge in [-0.05, 0) is 61.1 Å². The van der Waals surface area contributed by atoms with Crippen LogP contribution in [0.25, 0.3) is 0 Å². The molecule has 166 valence electrons. The molecule has 2 aliphatic heterocycles. The third-order valence-electron chi connectivity index (χ3n) is 6.15. The summed E-state index contributed by atoms with van der Waals surface area (Å²) in [6.07, 6.45) is 1.52. The van der Waals surface area contributed by atoms with E-state index in [-0.39, 0.29) is 13.1 Å². The number of nitrogens with one attached hydrogen (secondary N) is 1. The van der Waals surface area contributed by atoms with Gasteiger partial charge in [-0.3, -0.25) is 0 Å². The molecule has 4 rings (SSSR count). The van der Waals surface area contributed by atoms with Crippen LogP contribution in [0.3, 0.4) is 0 Å². The molecule has 0 spiro atoms. The summed E-state index contributed by atoms with van der Waals surface area (Å²) in [5, 5.41) is 2.75. The molecule has 2 aromatic carbocycles. The lowest BCUT2D eigenvalue weighted by Crippen LogP contribution is -2.61. The van der Waals surface area contributed by atoms with Gasteiger partial charge < -0.3 is 10.2 Å². The minimum Gasteiger partial charge on any atom is -0.322 e. The van der Waals surface area contributed by atoms with E-state index in [2.05, 4.69) is 5.32 Å². The number of carbonyl (C=O) groups is 1. The SMILES string of the molecule is Cc1ccc(F)cc1NC(=O)N1CC(S(=O)(=O)N2CCC(c3ccc(Cl)cc3)CC2)C1. The zero-order valence-corrected chi connectivity index (χ0v) is 18.8. The average Bonchev–Trinajstić information content (AvgIpc) is 2.70. The molecule has 0 aliphatic carbocycles. The van der Waals surface area contributed by atoms with Crippen LogP contribution >= 0.6 is 11.6 Å². The van der Waals surface area contributed by atoms with Gasteiger partial charge in [0.05, 0.1) is 0 Å². The van der Waals surface area contributed by atoms with E-state index in [9.17, 15) is 17.6 Å². The van der Waals surface area contributed by atoms with E-state index < -0.39 is 27.1 Å². The number of likely N-dealkylation sites (tertiary alicyclic amines) is 1. The molecule has 1 N–H and O–H groups in total. The number of rotatable bonds is 4. The average molecular weight is 466 g/mol. The number of anilines is 1. The summed E-state index contributed by atoms with van der Waals surface area (Å²) in [5.74, 6) is -0.117. The first kappa shape index (κ1) is 22.0. The van der Waals surface area contributed by atoms with Crippen LogP contribution in [-0.2, 0) is 10.0 Å². The predicted octanol–water partition coefficient (Wildman–Crippen LogP) is 4.21. The van der Waals surface area contributed by atoms with E-state index in [1.165, 1.54) is 22.6 Å². The second-order valence-electron chi connectivity index (χ2n) is 8.19. The number of piperidine rings is 1.